The molecule has 2 aromatic carbocycles. The van der Waals surface area contributed by atoms with Crippen LogP contribution < -0.4 is 25.1 Å². The van der Waals surface area contributed by atoms with Crippen molar-refractivity contribution in [3.63, 3.8) is 0 Å². The molecule has 0 atom stereocenters. The number of para-hydroxylation sites is 1. The van der Waals surface area contributed by atoms with Gasteiger partial charge in [0.15, 0.2) is 16.7 Å². The van der Waals surface area contributed by atoms with E-state index in [2.05, 4.69) is 22.1 Å². The average Bonchev–Trinajstić information content (AvgIpc) is 3.28. The van der Waals surface area contributed by atoms with E-state index < -0.39 is 0 Å². The largest absolute Gasteiger partial charge is 0.493 e. The van der Waals surface area contributed by atoms with E-state index in [1.54, 1.807) is 34.7 Å². The highest BCUT2D eigenvalue weighted by Gasteiger charge is 2.18. The topological polar surface area (TPSA) is 109 Å². The number of allylic oxidation sites excluding steroid dienone is 1. The minimum Gasteiger partial charge on any atom is -0.493 e. The molecule has 0 saturated heterocycles. The molecule has 0 radical (unpaired) electrons. The van der Waals surface area contributed by atoms with Crippen molar-refractivity contribution in [2.75, 3.05) is 32.4 Å². The van der Waals surface area contributed by atoms with Crippen LogP contribution in [0.1, 0.15) is 0 Å². The summed E-state index contributed by atoms with van der Waals surface area (Å²) in [5, 5.41) is 12.3. The molecule has 0 fully saturated rings. The molecule has 10 nitrogen and oxygen atoms in total. The first-order valence-electron chi connectivity index (χ1n) is 10.2. The number of benzene rings is 2. The Hall–Kier alpha value is -3.99. The number of nitrogens with one attached hydrogen (secondary N) is 1. The van der Waals surface area contributed by atoms with Gasteiger partial charge in [0, 0.05) is 24.4 Å². The summed E-state index contributed by atoms with van der Waals surface area (Å²) in [5.74, 6) is 1.48. The number of carbonyl (C=O) groups is 1. The van der Waals surface area contributed by atoms with Crippen molar-refractivity contribution < 1.29 is 19.0 Å². The van der Waals surface area contributed by atoms with E-state index in [9.17, 15) is 9.59 Å². The number of ether oxygens (including phenoxy) is 3. The van der Waals surface area contributed by atoms with Gasteiger partial charge in [-0.05, 0) is 12.1 Å². The smallest absolute Gasteiger partial charge is 0.263 e. The van der Waals surface area contributed by atoms with Crippen molar-refractivity contribution in [2.45, 2.75) is 11.7 Å². The van der Waals surface area contributed by atoms with Crippen molar-refractivity contribution in [3.05, 3.63) is 59.4 Å². The van der Waals surface area contributed by atoms with E-state index in [1.165, 1.54) is 37.7 Å². The predicted molar refractivity (Wildman–Crippen MR) is 130 cm³/mol. The summed E-state index contributed by atoms with van der Waals surface area (Å²) in [7, 11) is 4.52. The van der Waals surface area contributed by atoms with Crippen molar-refractivity contribution in [1.82, 2.24) is 19.2 Å². The molecule has 11 heteroatoms. The van der Waals surface area contributed by atoms with Crippen molar-refractivity contribution >= 4 is 40.0 Å². The normalized spacial score (nSPS) is 10.9. The van der Waals surface area contributed by atoms with Crippen LogP contribution in [0.25, 0.3) is 16.7 Å². The van der Waals surface area contributed by atoms with Crippen molar-refractivity contribution in [2.24, 2.45) is 0 Å². The Morgan fingerprint density at radius 2 is 1.82 bits per heavy atom. The second-order valence-corrected chi connectivity index (χ2v) is 8.03. The van der Waals surface area contributed by atoms with Gasteiger partial charge in [-0.1, -0.05) is 30.0 Å². The van der Waals surface area contributed by atoms with Gasteiger partial charge in [-0.25, -0.2) is 0 Å². The Balaban J connectivity index is 1.62. The first-order chi connectivity index (χ1) is 16.5. The SMILES string of the molecule is C=CCn1c(=O)c2ccccc2n2c(SCC(=O)Nc3cc(OC)c(OC)c(OC)c3)nnc12. The summed E-state index contributed by atoms with van der Waals surface area (Å²) < 4.78 is 19.3. The minimum absolute atomic E-state index is 0.0619. The number of carbonyl (C=O) groups excluding carboxylic acids is 1. The molecule has 0 aliphatic rings. The highest BCUT2D eigenvalue weighted by atomic mass is 32.2. The first-order valence-corrected chi connectivity index (χ1v) is 11.2. The van der Waals surface area contributed by atoms with Crippen LogP contribution in [0.4, 0.5) is 5.69 Å². The van der Waals surface area contributed by atoms with E-state index in [1.807, 2.05) is 12.1 Å². The van der Waals surface area contributed by atoms with Crippen LogP contribution in [0.2, 0.25) is 0 Å². The molecule has 1 amide bonds. The number of nitrogens with zero attached hydrogens (tertiary/aromatic N) is 4. The van der Waals surface area contributed by atoms with Gasteiger partial charge in [-0.3, -0.25) is 18.6 Å². The summed E-state index contributed by atoms with van der Waals surface area (Å²) in [4.78, 5) is 25.6. The summed E-state index contributed by atoms with van der Waals surface area (Å²) in [6.07, 6.45) is 1.63. The third-order valence-electron chi connectivity index (χ3n) is 5.07. The van der Waals surface area contributed by atoms with Crippen LogP contribution in [-0.4, -0.2) is 52.2 Å². The standard InChI is InChI=1S/C23H23N5O5S/c1-5-10-27-21(30)15-8-6-7-9-16(15)28-22(27)25-26-23(28)34-13-19(29)24-14-11-17(31-2)20(33-4)18(12-14)32-3/h5-9,11-12H,1,10,13H2,2-4H3,(H,24,29). The van der Waals surface area contributed by atoms with E-state index >= 15 is 0 Å². The number of hydrogen-bond donors (Lipinski definition) is 1. The van der Waals surface area contributed by atoms with Gasteiger partial charge >= 0.3 is 0 Å². The van der Waals surface area contributed by atoms with Crippen LogP contribution in [0.15, 0.2) is 59.0 Å². The van der Waals surface area contributed by atoms with Gasteiger partial charge in [0.25, 0.3) is 5.56 Å². The maximum Gasteiger partial charge on any atom is 0.263 e. The number of anilines is 1. The fourth-order valence-electron chi connectivity index (χ4n) is 3.60. The predicted octanol–water partition coefficient (Wildman–Crippen LogP) is 2.99. The Kier molecular flexibility index (Phi) is 6.73. The second kappa shape index (κ2) is 9.87. The fourth-order valence-corrected chi connectivity index (χ4v) is 4.34. The van der Waals surface area contributed by atoms with Gasteiger partial charge in [-0.2, -0.15) is 0 Å². The first kappa shape index (κ1) is 23.2. The molecule has 0 unspecified atom stereocenters. The molecule has 2 aromatic heterocycles. The third kappa shape index (κ3) is 4.17. The molecule has 0 aliphatic heterocycles. The Bertz CT molecular complexity index is 1420. The summed E-state index contributed by atoms with van der Waals surface area (Å²) in [6, 6.07) is 10.5. The van der Waals surface area contributed by atoms with E-state index in [0.717, 1.165) is 0 Å². The third-order valence-corrected chi connectivity index (χ3v) is 6.00. The van der Waals surface area contributed by atoms with Crippen LogP contribution >= 0.6 is 11.8 Å². The molecule has 4 aromatic rings. The molecule has 0 saturated carbocycles. The molecule has 0 aliphatic carbocycles. The lowest BCUT2D eigenvalue weighted by Crippen LogP contribution is -2.22. The number of amides is 1. The highest BCUT2D eigenvalue weighted by molar-refractivity contribution is 7.99. The van der Waals surface area contributed by atoms with Crippen LogP contribution in [0.3, 0.4) is 0 Å². The molecule has 4 rings (SSSR count). The lowest BCUT2D eigenvalue weighted by atomic mass is 10.2. The van der Waals surface area contributed by atoms with Crippen LogP contribution in [0.5, 0.6) is 17.2 Å². The monoisotopic (exact) mass is 481 g/mol. The zero-order chi connectivity index (χ0) is 24.2. The zero-order valence-electron chi connectivity index (χ0n) is 18.9. The molecular formula is C23H23N5O5S. The number of hydrogen-bond acceptors (Lipinski definition) is 8. The zero-order valence-corrected chi connectivity index (χ0v) is 19.7. The maximum atomic E-state index is 12.9. The minimum atomic E-state index is -0.264. The summed E-state index contributed by atoms with van der Waals surface area (Å²) >= 11 is 1.21. The second-order valence-electron chi connectivity index (χ2n) is 7.09. The van der Waals surface area contributed by atoms with E-state index in [4.69, 9.17) is 14.2 Å². The number of thioether (sulfide) groups is 1. The number of methoxy groups -OCH3 is 3. The molecular weight excluding hydrogens is 458 g/mol. The van der Waals surface area contributed by atoms with Crippen LogP contribution in [0, 0.1) is 0 Å². The van der Waals surface area contributed by atoms with Crippen molar-refractivity contribution in [3.8, 4) is 17.2 Å². The quantitative estimate of drug-likeness (QED) is 0.287. The van der Waals surface area contributed by atoms with E-state index in [0.29, 0.717) is 44.8 Å². The highest BCUT2D eigenvalue weighted by Crippen LogP contribution is 2.40. The maximum absolute atomic E-state index is 12.9. The molecule has 2 heterocycles. The molecule has 34 heavy (non-hydrogen) atoms. The van der Waals surface area contributed by atoms with Gasteiger partial charge < -0.3 is 19.5 Å². The number of rotatable bonds is 9. The number of aromatic nitrogens is 4. The van der Waals surface area contributed by atoms with Crippen LogP contribution in [-0.2, 0) is 11.3 Å². The lowest BCUT2D eigenvalue weighted by Gasteiger charge is -2.14. The Morgan fingerprint density at radius 3 is 2.47 bits per heavy atom. The average molecular weight is 482 g/mol. The van der Waals surface area contributed by atoms with Gasteiger partial charge in [0.1, 0.15) is 0 Å². The summed E-state index contributed by atoms with van der Waals surface area (Å²) in [6.45, 7) is 4.01. The fraction of sp³-hybridized carbons (Fsp3) is 0.217. The number of fused-ring (bicyclic) bond motifs is 3. The molecule has 0 bridgehead atoms. The summed E-state index contributed by atoms with van der Waals surface area (Å²) in [5.41, 5.74) is 0.990. The van der Waals surface area contributed by atoms with Gasteiger partial charge in [-0.15, -0.1) is 16.8 Å². The van der Waals surface area contributed by atoms with E-state index in [-0.39, 0.29) is 23.8 Å². The van der Waals surface area contributed by atoms with Gasteiger partial charge in [0.05, 0.1) is 38.0 Å². The molecule has 0 spiro atoms. The Morgan fingerprint density at radius 1 is 1.12 bits per heavy atom. The lowest BCUT2D eigenvalue weighted by molar-refractivity contribution is -0.113. The molecule has 1 N–H and O–H groups in total. The molecule has 176 valence electrons. The van der Waals surface area contributed by atoms with Gasteiger partial charge in [0.2, 0.25) is 17.4 Å². The van der Waals surface area contributed by atoms with Crippen molar-refractivity contribution in [1.29, 1.82) is 0 Å². The Labute approximate surface area is 199 Å².